The molecule has 1 aliphatic heterocycles. The molecule has 1 saturated heterocycles. The van der Waals surface area contributed by atoms with Crippen LogP contribution in [0.15, 0.2) is 40.8 Å². The summed E-state index contributed by atoms with van der Waals surface area (Å²) >= 11 is 5.94. The molecule has 1 amide bonds. The molecule has 158 valence electrons. The number of hydrogen-bond acceptors (Lipinski definition) is 4. The number of hydrogen-bond donors (Lipinski definition) is 1. The average Bonchev–Trinajstić information content (AvgIpc) is 3.31. The molecule has 1 fully saturated rings. The number of oxazole rings is 1. The van der Waals surface area contributed by atoms with Crippen molar-refractivity contribution in [2.45, 2.75) is 19.5 Å². The maximum Gasteiger partial charge on any atom is 0.417 e. The van der Waals surface area contributed by atoms with E-state index >= 15 is 0 Å². The number of alkyl halides is 3. The van der Waals surface area contributed by atoms with Crippen molar-refractivity contribution in [3.8, 4) is 0 Å². The van der Waals surface area contributed by atoms with Crippen molar-refractivity contribution in [3.63, 3.8) is 0 Å². The summed E-state index contributed by atoms with van der Waals surface area (Å²) in [5.74, 6) is -0.517. The lowest BCUT2D eigenvalue weighted by Crippen LogP contribution is -2.31. The topological polar surface area (TPSA) is 58.4 Å². The Bertz CT molecular complexity index is 1100. The van der Waals surface area contributed by atoms with E-state index in [1.807, 2.05) is 0 Å². The van der Waals surface area contributed by atoms with Gasteiger partial charge in [0.2, 0.25) is 0 Å². The molecule has 0 unspecified atom stereocenters. The van der Waals surface area contributed by atoms with Gasteiger partial charge in [-0.1, -0.05) is 23.2 Å². The number of aromatic nitrogens is 1. The van der Waals surface area contributed by atoms with Crippen LogP contribution in [-0.4, -0.2) is 35.4 Å². The van der Waals surface area contributed by atoms with E-state index in [1.165, 1.54) is 17.0 Å². The Balaban J connectivity index is 1.42. The second-order valence-electron chi connectivity index (χ2n) is 7.46. The molecule has 1 atom stereocenters. The summed E-state index contributed by atoms with van der Waals surface area (Å²) in [4.78, 5) is 18.6. The van der Waals surface area contributed by atoms with Crippen LogP contribution >= 0.6 is 11.6 Å². The number of nitrogens with one attached hydrogen (secondary N) is 1. The van der Waals surface area contributed by atoms with Gasteiger partial charge in [-0.2, -0.15) is 18.2 Å². The van der Waals surface area contributed by atoms with Crippen molar-refractivity contribution in [2.75, 3.05) is 25.0 Å². The summed E-state index contributed by atoms with van der Waals surface area (Å²) in [7, 11) is 0. The van der Waals surface area contributed by atoms with E-state index in [0.717, 1.165) is 6.07 Å². The molecule has 0 saturated carbocycles. The number of anilines is 1. The summed E-state index contributed by atoms with van der Waals surface area (Å²) in [6.07, 6.45) is -3.90. The van der Waals surface area contributed by atoms with Gasteiger partial charge in [0, 0.05) is 30.7 Å². The third-order valence-corrected chi connectivity index (χ3v) is 5.41. The molecule has 1 N–H and O–H groups in total. The predicted octanol–water partition coefficient (Wildman–Crippen LogP) is 5.38. The molecule has 0 spiro atoms. The van der Waals surface area contributed by atoms with E-state index in [4.69, 9.17) is 16.0 Å². The molecule has 9 heteroatoms. The van der Waals surface area contributed by atoms with Crippen LogP contribution in [0.1, 0.15) is 27.9 Å². The van der Waals surface area contributed by atoms with Crippen LogP contribution < -0.4 is 5.32 Å². The Kier molecular flexibility index (Phi) is 5.36. The van der Waals surface area contributed by atoms with Gasteiger partial charge in [0.15, 0.2) is 5.58 Å². The standard InChI is InChI=1S/C21H19ClF3N3O2/c1-12-2-4-16(21(23,24)25)15(8-12)19(29)28-7-6-13(11-28)10-26-20-27-17-5-3-14(22)9-18(17)30-20/h2-5,8-9,13H,6-7,10-11H2,1H3,(H,26,27)/t13-/m0/s1. The zero-order valence-electron chi connectivity index (χ0n) is 16.1. The van der Waals surface area contributed by atoms with Crippen LogP contribution in [0.3, 0.4) is 0 Å². The predicted molar refractivity (Wildman–Crippen MR) is 108 cm³/mol. The van der Waals surface area contributed by atoms with Gasteiger partial charge in [-0.3, -0.25) is 4.79 Å². The fourth-order valence-electron chi connectivity index (χ4n) is 3.64. The summed E-state index contributed by atoms with van der Waals surface area (Å²) < 4.78 is 45.6. The summed E-state index contributed by atoms with van der Waals surface area (Å²) in [5, 5.41) is 3.65. The maximum absolute atomic E-state index is 13.3. The summed E-state index contributed by atoms with van der Waals surface area (Å²) in [6.45, 7) is 2.92. The first-order valence-corrected chi connectivity index (χ1v) is 9.85. The Labute approximate surface area is 175 Å². The van der Waals surface area contributed by atoms with Gasteiger partial charge in [0.25, 0.3) is 11.9 Å². The molecular formula is C21H19ClF3N3O2. The Morgan fingerprint density at radius 2 is 2.10 bits per heavy atom. The third kappa shape index (κ3) is 4.23. The molecule has 2 aromatic carbocycles. The molecule has 0 radical (unpaired) electrons. The van der Waals surface area contributed by atoms with Crippen molar-refractivity contribution in [1.82, 2.24) is 9.88 Å². The van der Waals surface area contributed by atoms with Crippen molar-refractivity contribution in [1.29, 1.82) is 0 Å². The highest BCUT2D eigenvalue weighted by Crippen LogP contribution is 2.34. The third-order valence-electron chi connectivity index (χ3n) is 5.18. The zero-order chi connectivity index (χ0) is 21.5. The van der Waals surface area contributed by atoms with Crippen LogP contribution in [0.5, 0.6) is 0 Å². The number of aryl methyl sites for hydroxylation is 1. The fourth-order valence-corrected chi connectivity index (χ4v) is 3.80. The van der Waals surface area contributed by atoms with Gasteiger partial charge in [-0.25, -0.2) is 0 Å². The normalized spacial score (nSPS) is 17.0. The van der Waals surface area contributed by atoms with E-state index in [2.05, 4.69) is 10.3 Å². The smallest absolute Gasteiger partial charge is 0.417 e. The van der Waals surface area contributed by atoms with E-state index in [9.17, 15) is 18.0 Å². The molecule has 1 aromatic heterocycles. The Hall–Kier alpha value is -2.74. The van der Waals surface area contributed by atoms with Crippen molar-refractivity contribution < 1.29 is 22.4 Å². The first-order valence-electron chi connectivity index (χ1n) is 9.48. The number of benzene rings is 2. The minimum atomic E-state index is -4.57. The van der Waals surface area contributed by atoms with E-state index in [1.54, 1.807) is 25.1 Å². The minimum absolute atomic E-state index is 0.0756. The quantitative estimate of drug-likeness (QED) is 0.595. The maximum atomic E-state index is 13.3. The molecular weight excluding hydrogens is 419 g/mol. The van der Waals surface area contributed by atoms with Gasteiger partial charge in [0.05, 0.1) is 11.1 Å². The number of halogens is 4. The highest BCUT2D eigenvalue weighted by molar-refractivity contribution is 6.31. The lowest BCUT2D eigenvalue weighted by Gasteiger charge is -2.20. The molecule has 5 nitrogen and oxygen atoms in total. The first-order chi connectivity index (χ1) is 14.2. The lowest BCUT2D eigenvalue weighted by molar-refractivity contribution is -0.138. The summed E-state index contributed by atoms with van der Waals surface area (Å²) in [6, 6.07) is 9.13. The zero-order valence-corrected chi connectivity index (χ0v) is 16.8. The lowest BCUT2D eigenvalue weighted by atomic mass is 10.0. The van der Waals surface area contributed by atoms with Gasteiger partial charge in [-0.15, -0.1) is 0 Å². The molecule has 3 aromatic rings. The van der Waals surface area contributed by atoms with Crippen LogP contribution in [0.25, 0.3) is 11.1 Å². The monoisotopic (exact) mass is 437 g/mol. The van der Waals surface area contributed by atoms with Crippen molar-refractivity contribution in [2.24, 2.45) is 5.92 Å². The molecule has 4 rings (SSSR count). The molecule has 2 heterocycles. The Morgan fingerprint density at radius 1 is 1.30 bits per heavy atom. The number of amides is 1. The molecule has 0 bridgehead atoms. The van der Waals surface area contributed by atoms with Crippen molar-refractivity contribution in [3.05, 3.63) is 58.1 Å². The van der Waals surface area contributed by atoms with Gasteiger partial charge in [0.1, 0.15) is 5.52 Å². The van der Waals surface area contributed by atoms with Crippen LogP contribution in [0.2, 0.25) is 5.02 Å². The minimum Gasteiger partial charge on any atom is -0.424 e. The van der Waals surface area contributed by atoms with Gasteiger partial charge in [-0.05, 0) is 43.5 Å². The van der Waals surface area contributed by atoms with Crippen molar-refractivity contribution >= 4 is 34.6 Å². The summed E-state index contributed by atoms with van der Waals surface area (Å²) in [5.41, 5.74) is 0.646. The SMILES string of the molecule is Cc1ccc(C(F)(F)F)c(C(=O)N2CC[C@@H](CNc3nc4ccc(Cl)cc4o3)C2)c1. The number of rotatable bonds is 4. The number of likely N-dealkylation sites (tertiary alicyclic amines) is 1. The van der Waals surface area contributed by atoms with Gasteiger partial charge < -0.3 is 14.6 Å². The number of fused-ring (bicyclic) bond motifs is 1. The van der Waals surface area contributed by atoms with Crippen LogP contribution in [0.4, 0.5) is 19.2 Å². The number of nitrogens with zero attached hydrogens (tertiary/aromatic N) is 2. The Morgan fingerprint density at radius 3 is 2.87 bits per heavy atom. The van der Waals surface area contributed by atoms with E-state index in [-0.39, 0.29) is 11.5 Å². The highest BCUT2D eigenvalue weighted by atomic mass is 35.5. The second-order valence-corrected chi connectivity index (χ2v) is 7.90. The second kappa shape index (κ2) is 7.83. The largest absolute Gasteiger partial charge is 0.424 e. The molecule has 1 aliphatic rings. The first kappa shape index (κ1) is 20.5. The number of carbonyl (C=O) groups excluding carboxylic acids is 1. The highest BCUT2D eigenvalue weighted by Gasteiger charge is 2.37. The van der Waals surface area contributed by atoms with Crippen LogP contribution in [-0.2, 0) is 6.18 Å². The molecule has 30 heavy (non-hydrogen) atoms. The van der Waals surface area contributed by atoms with Crippen LogP contribution in [0, 0.1) is 12.8 Å². The fraction of sp³-hybridized carbons (Fsp3) is 0.333. The average molecular weight is 438 g/mol. The van der Waals surface area contributed by atoms with E-state index < -0.39 is 17.6 Å². The van der Waals surface area contributed by atoms with Gasteiger partial charge >= 0.3 is 6.18 Å². The molecule has 0 aliphatic carbocycles. The number of carbonyl (C=O) groups is 1. The van der Waals surface area contributed by atoms with E-state index in [0.29, 0.717) is 53.8 Å².